The number of aryl methyl sites for hydroxylation is 1. The Balaban J connectivity index is 2.04. The molecule has 0 aromatic heterocycles. The summed E-state index contributed by atoms with van der Waals surface area (Å²) >= 11 is 6.14. The van der Waals surface area contributed by atoms with Crippen LogP contribution >= 0.6 is 11.6 Å². The van der Waals surface area contributed by atoms with Gasteiger partial charge in [0.25, 0.3) is 0 Å². The summed E-state index contributed by atoms with van der Waals surface area (Å²) in [5, 5.41) is 14.7. The van der Waals surface area contributed by atoms with Crippen molar-refractivity contribution in [2.45, 2.75) is 13.3 Å². The first-order valence-corrected chi connectivity index (χ1v) is 9.18. The Hall–Kier alpha value is -2.56. The van der Waals surface area contributed by atoms with Crippen LogP contribution < -0.4 is 10.1 Å². The Kier molecular flexibility index (Phi) is 5.99. The van der Waals surface area contributed by atoms with E-state index in [2.05, 4.69) is 5.32 Å². The summed E-state index contributed by atoms with van der Waals surface area (Å²) in [6.07, 6.45) is 5.90. The van der Waals surface area contributed by atoms with E-state index in [0.29, 0.717) is 16.3 Å². The number of ether oxygens (including phenoxy) is 1. The number of benzene rings is 2. The van der Waals surface area contributed by atoms with Gasteiger partial charge in [-0.3, -0.25) is 4.79 Å². The average molecular weight is 384 g/mol. The first-order chi connectivity index (χ1) is 13.0. The summed E-state index contributed by atoms with van der Waals surface area (Å²) < 4.78 is 5.37. The Bertz CT molecular complexity index is 931. The topological polar surface area (TPSA) is 58.6 Å². The molecule has 0 saturated heterocycles. The van der Waals surface area contributed by atoms with Gasteiger partial charge in [0.05, 0.1) is 7.11 Å². The molecule has 2 aromatic carbocycles. The molecule has 4 nitrogen and oxygen atoms in total. The second kappa shape index (κ2) is 8.42. The molecule has 1 heterocycles. The van der Waals surface area contributed by atoms with Gasteiger partial charge in [-0.25, -0.2) is 0 Å². The molecule has 5 heteroatoms. The minimum Gasteiger partial charge on any atom is -0.506 e. The lowest BCUT2D eigenvalue weighted by Gasteiger charge is -2.20. The third-order valence-electron chi connectivity index (χ3n) is 4.63. The van der Waals surface area contributed by atoms with E-state index in [1.165, 1.54) is 13.2 Å². The van der Waals surface area contributed by atoms with Crippen molar-refractivity contribution in [2.75, 3.05) is 20.2 Å². The van der Waals surface area contributed by atoms with Crippen LogP contribution in [0.2, 0.25) is 5.02 Å². The quantitative estimate of drug-likeness (QED) is 0.583. The number of halogens is 1. The van der Waals surface area contributed by atoms with Gasteiger partial charge in [0.15, 0.2) is 5.78 Å². The first kappa shape index (κ1) is 19.2. The Morgan fingerprint density at radius 3 is 2.78 bits per heavy atom. The molecule has 0 radical (unpaired) electrons. The van der Waals surface area contributed by atoms with Crippen LogP contribution in [0.3, 0.4) is 0 Å². The van der Waals surface area contributed by atoms with Crippen LogP contribution in [0, 0.1) is 6.92 Å². The summed E-state index contributed by atoms with van der Waals surface area (Å²) in [6.45, 7) is 3.50. The van der Waals surface area contributed by atoms with Crippen molar-refractivity contribution in [1.82, 2.24) is 5.32 Å². The molecular weight excluding hydrogens is 362 g/mol. The SMILES string of the molecule is COc1cc(C)c(C2=CCNCC2)c(O)c1C(=O)/C=C/c1ccccc1Cl. The van der Waals surface area contributed by atoms with Crippen LogP contribution in [0.15, 0.2) is 42.5 Å². The van der Waals surface area contributed by atoms with Gasteiger partial charge < -0.3 is 15.2 Å². The molecule has 0 amide bonds. The van der Waals surface area contributed by atoms with Crippen LogP contribution in [0.4, 0.5) is 0 Å². The van der Waals surface area contributed by atoms with Crippen LogP contribution in [-0.2, 0) is 0 Å². The highest BCUT2D eigenvalue weighted by Crippen LogP contribution is 2.39. The number of allylic oxidation sites excluding steroid dienone is 1. The molecule has 0 unspecified atom stereocenters. The molecule has 0 aliphatic carbocycles. The number of phenolic OH excluding ortho intramolecular Hbond substituents is 1. The number of methoxy groups -OCH3 is 1. The van der Waals surface area contributed by atoms with Gasteiger partial charge in [-0.2, -0.15) is 0 Å². The van der Waals surface area contributed by atoms with Gasteiger partial charge >= 0.3 is 0 Å². The molecule has 1 aliphatic rings. The number of hydrogen-bond donors (Lipinski definition) is 2. The van der Waals surface area contributed by atoms with Gasteiger partial charge in [-0.15, -0.1) is 0 Å². The van der Waals surface area contributed by atoms with Gasteiger partial charge in [0.2, 0.25) is 0 Å². The summed E-state index contributed by atoms with van der Waals surface area (Å²) in [4.78, 5) is 12.9. The monoisotopic (exact) mass is 383 g/mol. The molecular formula is C22H22ClNO3. The smallest absolute Gasteiger partial charge is 0.193 e. The maximum atomic E-state index is 12.9. The fourth-order valence-corrected chi connectivity index (χ4v) is 3.48. The fraction of sp³-hybridized carbons (Fsp3) is 0.227. The molecule has 1 aliphatic heterocycles. The Morgan fingerprint density at radius 1 is 1.33 bits per heavy atom. The molecule has 2 N–H and O–H groups in total. The minimum atomic E-state index is -0.333. The number of carbonyl (C=O) groups excluding carboxylic acids is 1. The second-order valence-corrected chi connectivity index (χ2v) is 6.80. The number of phenols is 1. The van der Waals surface area contributed by atoms with E-state index >= 15 is 0 Å². The molecule has 3 rings (SSSR count). The van der Waals surface area contributed by atoms with Crippen molar-refractivity contribution in [3.05, 3.63) is 69.8 Å². The van der Waals surface area contributed by atoms with Crippen molar-refractivity contribution < 1.29 is 14.6 Å². The van der Waals surface area contributed by atoms with E-state index in [9.17, 15) is 9.90 Å². The fourth-order valence-electron chi connectivity index (χ4n) is 3.28. The third-order valence-corrected chi connectivity index (χ3v) is 4.98. The van der Waals surface area contributed by atoms with Crippen molar-refractivity contribution in [2.24, 2.45) is 0 Å². The molecule has 2 aromatic rings. The van der Waals surface area contributed by atoms with Gasteiger partial charge in [-0.05, 0) is 60.9 Å². The predicted octanol–water partition coefficient (Wildman–Crippen LogP) is 4.64. The largest absolute Gasteiger partial charge is 0.506 e. The summed E-state index contributed by atoms with van der Waals surface area (Å²) in [5.74, 6) is -0.00837. The van der Waals surface area contributed by atoms with E-state index in [0.717, 1.165) is 36.2 Å². The van der Waals surface area contributed by atoms with Crippen molar-refractivity contribution in [3.63, 3.8) is 0 Å². The van der Waals surface area contributed by atoms with Crippen molar-refractivity contribution >= 4 is 29.0 Å². The lowest BCUT2D eigenvalue weighted by Crippen LogP contribution is -2.20. The van der Waals surface area contributed by atoms with Crippen molar-refractivity contribution in [3.8, 4) is 11.5 Å². The normalized spacial score (nSPS) is 14.3. The molecule has 0 bridgehead atoms. The first-order valence-electron chi connectivity index (χ1n) is 8.80. The van der Waals surface area contributed by atoms with Gasteiger partial charge in [0.1, 0.15) is 17.1 Å². The van der Waals surface area contributed by atoms with Gasteiger partial charge in [-0.1, -0.05) is 35.9 Å². The summed E-state index contributed by atoms with van der Waals surface area (Å²) in [7, 11) is 1.49. The predicted molar refractivity (Wildman–Crippen MR) is 110 cm³/mol. The van der Waals surface area contributed by atoms with E-state index < -0.39 is 0 Å². The lowest BCUT2D eigenvalue weighted by atomic mass is 9.91. The number of nitrogens with one attached hydrogen (secondary N) is 1. The van der Waals surface area contributed by atoms with Crippen LogP contribution in [-0.4, -0.2) is 31.1 Å². The lowest BCUT2D eigenvalue weighted by molar-refractivity contribution is 0.104. The molecule has 0 atom stereocenters. The van der Waals surface area contributed by atoms with E-state index in [1.807, 2.05) is 31.2 Å². The molecule has 0 fully saturated rings. The number of hydrogen-bond acceptors (Lipinski definition) is 4. The highest BCUT2D eigenvalue weighted by atomic mass is 35.5. The third kappa shape index (κ3) is 4.07. The van der Waals surface area contributed by atoms with E-state index in [4.69, 9.17) is 16.3 Å². The van der Waals surface area contributed by atoms with Crippen LogP contribution in [0.1, 0.15) is 33.5 Å². The van der Waals surface area contributed by atoms with Crippen molar-refractivity contribution in [1.29, 1.82) is 0 Å². The zero-order valence-electron chi connectivity index (χ0n) is 15.4. The minimum absolute atomic E-state index is 0.0335. The standard InChI is InChI=1S/C22H22ClNO3/c1-14-13-19(27-2)21(22(26)20(14)16-9-11-24-12-10-16)18(25)8-7-15-5-3-4-6-17(15)23/h3-9,13,24,26H,10-12H2,1-2H3/b8-7+. The maximum Gasteiger partial charge on any atom is 0.193 e. The Labute approximate surface area is 164 Å². The zero-order chi connectivity index (χ0) is 19.4. The highest BCUT2D eigenvalue weighted by molar-refractivity contribution is 6.32. The zero-order valence-corrected chi connectivity index (χ0v) is 16.1. The molecule has 140 valence electrons. The van der Waals surface area contributed by atoms with E-state index in [1.54, 1.807) is 18.2 Å². The highest BCUT2D eigenvalue weighted by Gasteiger charge is 2.23. The second-order valence-electron chi connectivity index (χ2n) is 6.40. The average Bonchev–Trinajstić information content (AvgIpc) is 2.67. The number of carbonyl (C=O) groups is 1. The molecule has 27 heavy (non-hydrogen) atoms. The Morgan fingerprint density at radius 2 is 2.11 bits per heavy atom. The molecule has 0 spiro atoms. The van der Waals surface area contributed by atoms with Crippen LogP contribution in [0.5, 0.6) is 11.5 Å². The summed E-state index contributed by atoms with van der Waals surface area (Å²) in [5.41, 5.74) is 3.53. The van der Waals surface area contributed by atoms with Gasteiger partial charge in [0, 0.05) is 17.1 Å². The summed E-state index contributed by atoms with van der Waals surface area (Å²) in [6, 6.07) is 9.06. The number of rotatable bonds is 5. The molecule has 0 saturated carbocycles. The van der Waals surface area contributed by atoms with Crippen LogP contribution in [0.25, 0.3) is 11.6 Å². The maximum absolute atomic E-state index is 12.9. The van der Waals surface area contributed by atoms with E-state index in [-0.39, 0.29) is 17.1 Å². The number of aromatic hydroxyl groups is 1. The number of ketones is 1.